The van der Waals surface area contributed by atoms with Crippen LogP contribution in [0.3, 0.4) is 0 Å². The van der Waals surface area contributed by atoms with Gasteiger partial charge in [-0.15, -0.1) is 0 Å². The first-order valence-electron chi connectivity index (χ1n) is 4.65. The molecule has 2 aliphatic rings. The standard InChI is InChI=1S/C9H17NO/c1-9(5-6-9)10-7-3-2-4-8(7)11/h7-8,10-11H,2-6H2,1H3/t7-,8-/m1/s1. The maximum Gasteiger partial charge on any atom is 0.0693 e. The minimum atomic E-state index is -0.0765. The SMILES string of the molecule is CC1(N[C@@H]2CCC[C@H]2O)CC1. The summed E-state index contributed by atoms with van der Waals surface area (Å²) in [5.41, 5.74) is 0.385. The van der Waals surface area contributed by atoms with E-state index in [4.69, 9.17) is 0 Å². The summed E-state index contributed by atoms with van der Waals surface area (Å²) in [4.78, 5) is 0. The molecule has 2 fully saturated rings. The second-order valence-electron chi connectivity index (χ2n) is 4.31. The first-order chi connectivity index (χ1) is 5.20. The molecule has 0 saturated heterocycles. The number of aliphatic hydroxyl groups excluding tert-OH is 1. The summed E-state index contributed by atoms with van der Waals surface area (Å²) in [6.07, 6.45) is 5.85. The van der Waals surface area contributed by atoms with Crippen molar-refractivity contribution in [3.05, 3.63) is 0 Å². The lowest BCUT2D eigenvalue weighted by molar-refractivity contribution is 0.142. The van der Waals surface area contributed by atoms with Gasteiger partial charge in [-0.3, -0.25) is 0 Å². The molecule has 0 aliphatic heterocycles. The fraction of sp³-hybridized carbons (Fsp3) is 1.00. The predicted molar refractivity (Wildman–Crippen MR) is 44.4 cm³/mol. The third-order valence-corrected chi connectivity index (χ3v) is 3.01. The van der Waals surface area contributed by atoms with Crippen molar-refractivity contribution in [1.82, 2.24) is 5.32 Å². The van der Waals surface area contributed by atoms with Gasteiger partial charge in [0.1, 0.15) is 0 Å². The van der Waals surface area contributed by atoms with Crippen molar-refractivity contribution in [2.45, 2.75) is 56.7 Å². The van der Waals surface area contributed by atoms with Gasteiger partial charge in [0.25, 0.3) is 0 Å². The van der Waals surface area contributed by atoms with E-state index in [1.54, 1.807) is 0 Å². The van der Waals surface area contributed by atoms with Crippen LogP contribution >= 0.6 is 0 Å². The smallest absolute Gasteiger partial charge is 0.0693 e. The van der Waals surface area contributed by atoms with Crippen LogP contribution in [0.1, 0.15) is 39.0 Å². The van der Waals surface area contributed by atoms with Gasteiger partial charge >= 0.3 is 0 Å². The average molecular weight is 155 g/mol. The van der Waals surface area contributed by atoms with Gasteiger partial charge in [0.05, 0.1) is 6.10 Å². The summed E-state index contributed by atoms with van der Waals surface area (Å²) >= 11 is 0. The van der Waals surface area contributed by atoms with E-state index in [2.05, 4.69) is 12.2 Å². The maximum absolute atomic E-state index is 9.52. The Labute approximate surface area is 68.0 Å². The molecule has 2 nitrogen and oxygen atoms in total. The lowest BCUT2D eigenvalue weighted by Crippen LogP contribution is -2.42. The fourth-order valence-corrected chi connectivity index (χ4v) is 1.89. The highest BCUT2D eigenvalue weighted by atomic mass is 16.3. The number of hydrogen-bond donors (Lipinski definition) is 2. The molecule has 0 unspecified atom stereocenters. The molecule has 64 valence electrons. The zero-order valence-electron chi connectivity index (χ0n) is 7.14. The van der Waals surface area contributed by atoms with Crippen molar-refractivity contribution in [2.75, 3.05) is 0 Å². The molecule has 0 aromatic carbocycles. The van der Waals surface area contributed by atoms with E-state index < -0.39 is 0 Å². The monoisotopic (exact) mass is 155 g/mol. The lowest BCUT2D eigenvalue weighted by Gasteiger charge is -2.21. The van der Waals surface area contributed by atoms with Crippen LogP contribution in [0.25, 0.3) is 0 Å². The Kier molecular flexibility index (Phi) is 1.69. The van der Waals surface area contributed by atoms with E-state index >= 15 is 0 Å². The van der Waals surface area contributed by atoms with Gasteiger partial charge in [0.15, 0.2) is 0 Å². The zero-order valence-corrected chi connectivity index (χ0v) is 7.14. The van der Waals surface area contributed by atoms with Crippen molar-refractivity contribution in [1.29, 1.82) is 0 Å². The van der Waals surface area contributed by atoms with Crippen molar-refractivity contribution in [3.8, 4) is 0 Å². The second kappa shape index (κ2) is 2.46. The average Bonchev–Trinajstić information content (AvgIpc) is 2.54. The Bertz CT molecular complexity index is 154. The Hall–Kier alpha value is -0.0800. The van der Waals surface area contributed by atoms with E-state index in [9.17, 15) is 5.11 Å². The molecule has 2 N–H and O–H groups in total. The van der Waals surface area contributed by atoms with Crippen LogP contribution < -0.4 is 5.32 Å². The summed E-state index contributed by atoms with van der Waals surface area (Å²) in [7, 11) is 0. The van der Waals surface area contributed by atoms with Gasteiger partial charge < -0.3 is 10.4 Å². The third kappa shape index (κ3) is 1.57. The molecule has 2 saturated carbocycles. The molecule has 0 radical (unpaired) electrons. The molecule has 0 bridgehead atoms. The molecule has 2 aliphatic carbocycles. The minimum absolute atomic E-state index is 0.0765. The van der Waals surface area contributed by atoms with E-state index in [1.807, 2.05) is 0 Å². The van der Waals surface area contributed by atoms with E-state index in [-0.39, 0.29) is 6.10 Å². The molecule has 0 spiro atoms. The summed E-state index contributed by atoms with van der Waals surface area (Å²) in [6, 6.07) is 0.391. The van der Waals surface area contributed by atoms with Crippen molar-refractivity contribution in [2.24, 2.45) is 0 Å². The second-order valence-corrected chi connectivity index (χ2v) is 4.31. The molecule has 0 amide bonds. The highest BCUT2D eigenvalue weighted by molar-refractivity contribution is 5.01. The van der Waals surface area contributed by atoms with E-state index in [1.165, 1.54) is 19.3 Å². The summed E-state index contributed by atoms with van der Waals surface area (Å²) in [5.74, 6) is 0. The van der Waals surface area contributed by atoms with Gasteiger partial charge in [-0.05, 0) is 39.0 Å². The molecular weight excluding hydrogens is 138 g/mol. The highest BCUT2D eigenvalue weighted by Crippen LogP contribution is 2.36. The summed E-state index contributed by atoms with van der Waals surface area (Å²) in [5, 5.41) is 13.0. The van der Waals surface area contributed by atoms with Crippen LogP contribution in [0.4, 0.5) is 0 Å². The fourth-order valence-electron chi connectivity index (χ4n) is 1.89. The Morgan fingerprint density at radius 1 is 1.36 bits per heavy atom. The van der Waals surface area contributed by atoms with Crippen LogP contribution in [-0.2, 0) is 0 Å². The molecule has 0 heterocycles. The van der Waals surface area contributed by atoms with E-state index in [0.29, 0.717) is 11.6 Å². The number of rotatable bonds is 2. The quantitative estimate of drug-likeness (QED) is 0.624. The molecule has 11 heavy (non-hydrogen) atoms. The maximum atomic E-state index is 9.52. The number of hydrogen-bond acceptors (Lipinski definition) is 2. The lowest BCUT2D eigenvalue weighted by atomic mass is 10.2. The van der Waals surface area contributed by atoms with Gasteiger partial charge in [0.2, 0.25) is 0 Å². The van der Waals surface area contributed by atoms with Crippen molar-refractivity contribution in [3.63, 3.8) is 0 Å². The highest BCUT2D eigenvalue weighted by Gasteiger charge is 2.41. The predicted octanol–water partition coefficient (Wildman–Crippen LogP) is 1.04. The number of nitrogens with one attached hydrogen (secondary N) is 1. The van der Waals surface area contributed by atoms with Gasteiger partial charge in [-0.25, -0.2) is 0 Å². The Balaban J connectivity index is 1.85. The first-order valence-corrected chi connectivity index (χ1v) is 4.65. The molecule has 2 heteroatoms. The van der Waals surface area contributed by atoms with Crippen LogP contribution in [0, 0.1) is 0 Å². The molecule has 2 atom stereocenters. The van der Waals surface area contributed by atoms with Crippen LogP contribution in [0.15, 0.2) is 0 Å². The summed E-state index contributed by atoms with van der Waals surface area (Å²) in [6.45, 7) is 2.25. The largest absolute Gasteiger partial charge is 0.392 e. The van der Waals surface area contributed by atoms with Gasteiger partial charge in [-0.1, -0.05) is 0 Å². The Morgan fingerprint density at radius 3 is 2.55 bits per heavy atom. The van der Waals surface area contributed by atoms with Crippen molar-refractivity contribution < 1.29 is 5.11 Å². The summed E-state index contributed by atoms with van der Waals surface area (Å²) < 4.78 is 0. The first kappa shape index (κ1) is 7.56. The minimum Gasteiger partial charge on any atom is -0.392 e. The third-order valence-electron chi connectivity index (χ3n) is 3.01. The Morgan fingerprint density at radius 2 is 2.09 bits per heavy atom. The molecule has 2 rings (SSSR count). The molecule has 0 aromatic heterocycles. The van der Waals surface area contributed by atoms with E-state index in [0.717, 1.165) is 12.8 Å². The van der Waals surface area contributed by atoms with Crippen molar-refractivity contribution >= 4 is 0 Å². The molecule has 0 aromatic rings. The number of aliphatic hydroxyl groups is 1. The van der Waals surface area contributed by atoms with Crippen LogP contribution in [0.5, 0.6) is 0 Å². The van der Waals surface area contributed by atoms with Crippen LogP contribution in [-0.4, -0.2) is 22.8 Å². The van der Waals surface area contributed by atoms with Crippen LogP contribution in [0.2, 0.25) is 0 Å². The topological polar surface area (TPSA) is 32.3 Å². The van der Waals surface area contributed by atoms with Gasteiger partial charge in [0, 0.05) is 11.6 Å². The molecular formula is C9H17NO. The van der Waals surface area contributed by atoms with Gasteiger partial charge in [-0.2, -0.15) is 0 Å². The normalized spacial score (nSPS) is 40.9. The zero-order chi connectivity index (χ0) is 7.90.